The quantitative estimate of drug-likeness (QED) is 0.494. The van der Waals surface area contributed by atoms with Gasteiger partial charge >= 0.3 is 5.97 Å². The Hall–Kier alpha value is -2.04. The van der Waals surface area contributed by atoms with Crippen molar-refractivity contribution in [3.63, 3.8) is 0 Å². The fraction of sp³-hybridized carbons (Fsp3) is 0.364. The maximum Gasteiger partial charge on any atom is 0.336 e. The summed E-state index contributed by atoms with van der Waals surface area (Å²) in [5, 5.41) is 28.8. The van der Waals surface area contributed by atoms with E-state index in [0.717, 1.165) is 25.1 Å². The second-order valence-electron chi connectivity index (χ2n) is 4.61. The van der Waals surface area contributed by atoms with Gasteiger partial charge in [-0.1, -0.05) is 0 Å². The van der Waals surface area contributed by atoms with Crippen LogP contribution in [-0.2, 0) is 14.8 Å². The minimum Gasteiger partial charge on any atom is -0.479 e. The number of rotatable bonds is 6. The molecule has 3 N–H and O–H groups in total. The second kappa shape index (κ2) is 5.76. The van der Waals surface area contributed by atoms with Crippen LogP contribution in [-0.4, -0.2) is 41.7 Å². The van der Waals surface area contributed by atoms with E-state index >= 15 is 0 Å². The van der Waals surface area contributed by atoms with Crippen molar-refractivity contribution in [3.05, 3.63) is 33.9 Å². The molecule has 1 aromatic carbocycles. The van der Waals surface area contributed by atoms with E-state index in [2.05, 4.69) is 0 Å². The third kappa shape index (κ3) is 3.97. The Morgan fingerprint density at radius 2 is 2.05 bits per heavy atom. The van der Waals surface area contributed by atoms with E-state index in [1.807, 2.05) is 4.72 Å². The lowest BCUT2D eigenvalue weighted by Crippen LogP contribution is -2.46. The lowest BCUT2D eigenvalue weighted by Gasteiger charge is -2.18. The lowest BCUT2D eigenvalue weighted by molar-refractivity contribution is -0.385. The molecule has 1 aromatic rings. The van der Waals surface area contributed by atoms with Crippen molar-refractivity contribution in [3.8, 4) is 0 Å². The zero-order valence-electron chi connectivity index (χ0n) is 11.2. The first-order valence-corrected chi connectivity index (χ1v) is 7.16. The van der Waals surface area contributed by atoms with Crippen molar-refractivity contribution in [1.82, 2.24) is 4.72 Å². The maximum absolute atomic E-state index is 11.9. The molecule has 116 valence electrons. The molecule has 0 radical (unpaired) electrons. The first-order valence-electron chi connectivity index (χ1n) is 5.68. The van der Waals surface area contributed by atoms with Crippen LogP contribution in [0.2, 0.25) is 0 Å². The van der Waals surface area contributed by atoms with Crippen molar-refractivity contribution in [2.24, 2.45) is 0 Å². The van der Waals surface area contributed by atoms with Crippen molar-refractivity contribution in [1.29, 1.82) is 0 Å². The summed E-state index contributed by atoms with van der Waals surface area (Å²) in [5.41, 5.74) is -2.34. The standard InChI is InChI=1S/C11H14N2O7S/c1-7-5-8(3-4-9(7)13(17)18)21(19,20)12-6-11(2,16)10(14)15/h3-5,12,16H,6H2,1-2H3,(H,14,15). The number of hydrogen-bond donors (Lipinski definition) is 3. The number of hydrogen-bond acceptors (Lipinski definition) is 6. The number of carbonyl (C=O) groups is 1. The Morgan fingerprint density at radius 1 is 1.48 bits per heavy atom. The molecule has 0 aromatic heterocycles. The van der Waals surface area contributed by atoms with Gasteiger partial charge in [-0.15, -0.1) is 0 Å². The van der Waals surface area contributed by atoms with Gasteiger partial charge in [0.05, 0.1) is 16.4 Å². The minimum atomic E-state index is -4.09. The van der Waals surface area contributed by atoms with Crippen molar-refractivity contribution in [2.75, 3.05) is 6.54 Å². The molecule has 0 amide bonds. The number of nitro groups is 1. The molecule has 9 nitrogen and oxygen atoms in total. The van der Waals surface area contributed by atoms with Gasteiger partial charge in [-0.2, -0.15) is 0 Å². The molecular weight excluding hydrogens is 304 g/mol. The molecule has 0 aliphatic heterocycles. The SMILES string of the molecule is Cc1cc(S(=O)(=O)NCC(C)(O)C(=O)O)ccc1[N+](=O)[O-]. The van der Waals surface area contributed by atoms with Gasteiger partial charge in [0.2, 0.25) is 10.0 Å². The van der Waals surface area contributed by atoms with E-state index in [9.17, 15) is 28.4 Å². The van der Waals surface area contributed by atoms with Gasteiger partial charge in [0, 0.05) is 11.6 Å². The highest BCUT2D eigenvalue weighted by atomic mass is 32.2. The van der Waals surface area contributed by atoms with Gasteiger partial charge in [0.1, 0.15) is 0 Å². The Kier molecular flexibility index (Phi) is 4.66. The van der Waals surface area contributed by atoms with Crippen LogP contribution >= 0.6 is 0 Å². The monoisotopic (exact) mass is 318 g/mol. The average molecular weight is 318 g/mol. The van der Waals surface area contributed by atoms with E-state index in [1.54, 1.807) is 0 Å². The van der Waals surface area contributed by atoms with E-state index in [0.29, 0.717) is 0 Å². The lowest BCUT2D eigenvalue weighted by atomic mass is 10.1. The van der Waals surface area contributed by atoms with Crippen LogP contribution in [0.3, 0.4) is 0 Å². The Morgan fingerprint density at radius 3 is 2.48 bits per heavy atom. The van der Waals surface area contributed by atoms with Crippen LogP contribution in [0.15, 0.2) is 23.1 Å². The summed E-state index contributed by atoms with van der Waals surface area (Å²) in [6.07, 6.45) is 0. The highest BCUT2D eigenvalue weighted by Crippen LogP contribution is 2.21. The molecule has 21 heavy (non-hydrogen) atoms. The summed E-state index contributed by atoms with van der Waals surface area (Å²) in [6, 6.07) is 3.16. The van der Waals surface area contributed by atoms with Crippen molar-refractivity contribution >= 4 is 21.7 Å². The number of sulfonamides is 1. The van der Waals surface area contributed by atoms with Crippen LogP contribution in [0.5, 0.6) is 0 Å². The van der Waals surface area contributed by atoms with E-state index < -0.39 is 33.1 Å². The molecule has 0 aliphatic rings. The van der Waals surface area contributed by atoms with Crippen molar-refractivity contribution in [2.45, 2.75) is 24.3 Å². The number of aliphatic carboxylic acids is 1. The molecule has 0 bridgehead atoms. The predicted octanol–water partition coefficient (Wildman–Crippen LogP) is 0.0171. The molecule has 0 saturated heterocycles. The first kappa shape index (κ1) is 17.0. The number of nitrogens with zero attached hydrogens (tertiary/aromatic N) is 1. The topological polar surface area (TPSA) is 147 Å². The molecule has 1 rings (SSSR count). The first-order chi connectivity index (χ1) is 9.47. The number of benzene rings is 1. The Bertz CT molecular complexity index is 682. The fourth-order valence-electron chi connectivity index (χ4n) is 1.39. The molecule has 1 atom stereocenters. The maximum atomic E-state index is 11.9. The zero-order chi connectivity index (χ0) is 16.4. The highest BCUT2D eigenvalue weighted by molar-refractivity contribution is 7.89. The smallest absolute Gasteiger partial charge is 0.336 e. The number of nitro benzene ring substituents is 1. The Balaban J connectivity index is 3.02. The number of carboxylic acids is 1. The summed E-state index contributed by atoms with van der Waals surface area (Å²) in [4.78, 5) is 20.4. The molecule has 0 fully saturated rings. The van der Waals surface area contributed by atoms with Gasteiger partial charge in [0.15, 0.2) is 5.60 Å². The van der Waals surface area contributed by atoms with E-state index in [4.69, 9.17) is 5.11 Å². The molecule has 10 heteroatoms. The summed E-state index contributed by atoms with van der Waals surface area (Å²) >= 11 is 0. The molecular formula is C11H14N2O7S. The van der Waals surface area contributed by atoms with E-state index in [-0.39, 0.29) is 16.1 Å². The molecule has 0 aliphatic carbocycles. The third-order valence-electron chi connectivity index (χ3n) is 2.74. The van der Waals surface area contributed by atoms with Gasteiger partial charge < -0.3 is 10.2 Å². The van der Waals surface area contributed by atoms with Crippen LogP contribution in [0, 0.1) is 17.0 Å². The highest BCUT2D eigenvalue weighted by Gasteiger charge is 2.32. The minimum absolute atomic E-state index is 0.146. The molecule has 0 spiro atoms. The van der Waals surface area contributed by atoms with Gasteiger partial charge in [-0.3, -0.25) is 10.1 Å². The Labute approximate surface area is 120 Å². The number of aliphatic hydroxyl groups is 1. The van der Waals surface area contributed by atoms with Crippen LogP contribution in [0.4, 0.5) is 5.69 Å². The normalized spacial score (nSPS) is 14.4. The van der Waals surface area contributed by atoms with Crippen LogP contribution in [0.1, 0.15) is 12.5 Å². The zero-order valence-corrected chi connectivity index (χ0v) is 12.0. The molecule has 0 saturated carbocycles. The average Bonchev–Trinajstić information content (AvgIpc) is 2.36. The molecule has 1 unspecified atom stereocenters. The number of nitrogens with one attached hydrogen (secondary N) is 1. The summed E-state index contributed by atoms with van der Waals surface area (Å²) in [5.74, 6) is -1.58. The van der Waals surface area contributed by atoms with E-state index in [1.165, 1.54) is 6.92 Å². The predicted molar refractivity (Wildman–Crippen MR) is 71.3 cm³/mol. The summed E-state index contributed by atoms with van der Waals surface area (Å²) in [7, 11) is -4.09. The largest absolute Gasteiger partial charge is 0.479 e. The number of aryl methyl sites for hydroxylation is 1. The molecule has 0 heterocycles. The van der Waals surface area contributed by atoms with Crippen LogP contribution in [0.25, 0.3) is 0 Å². The van der Waals surface area contributed by atoms with Gasteiger partial charge in [-0.25, -0.2) is 17.9 Å². The third-order valence-corrected chi connectivity index (χ3v) is 4.14. The van der Waals surface area contributed by atoms with Crippen LogP contribution < -0.4 is 4.72 Å². The summed E-state index contributed by atoms with van der Waals surface area (Å²) < 4.78 is 25.8. The van der Waals surface area contributed by atoms with Crippen molar-refractivity contribution < 1.29 is 28.3 Å². The summed E-state index contributed by atoms with van der Waals surface area (Å²) in [6.45, 7) is 1.59. The van der Waals surface area contributed by atoms with Gasteiger partial charge in [0.25, 0.3) is 5.69 Å². The second-order valence-corrected chi connectivity index (χ2v) is 6.38. The number of carboxylic acid groups (broad SMARTS) is 1. The fourth-order valence-corrected chi connectivity index (χ4v) is 2.61. The van der Waals surface area contributed by atoms with Gasteiger partial charge in [-0.05, 0) is 26.0 Å².